The average Bonchev–Trinajstić information content (AvgIpc) is 3.59. The van der Waals surface area contributed by atoms with E-state index in [0.29, 0.717) is 49.7 Å². The zero-order valence-electron chi connectivity index (χ0n) is 26.9. The van der Waals surface area contributed by atoms with Crippen molar-refractivity contribution in [3.8, 4) is 11.8 Å². The molecule has 0 radical (unpaired) electrons. The Morgan fingerprint density at radius 2 is 1.81 bits per heavy atom. The maximum Gasteiger partial charge on any atom is 0.534 e. The van der Waals surface area contributed by atoms with Crippen molar-refractivity contribution in [2.45, 2.75) is 103 Å². The van der Waals surface area contributed by atoms with E-state index in [1.165, 1.54) is 12.1 Å². The molecule has 3 heterocycles. The van der Waals surface area contributed by atoms with Crippen LogP contribution in [-0.4, -0.2) is 74.3 Å². The summed E-state index contributed by atoms with van der Waals surface area (Å²) < 4.78 is 53.9. The lowest BCUT2D eigenvalue weighted by Crippen LogP contribution is -2.57. The van der Waals surface area contributed by atoms with Gasteiger partial charge in [0.1, 0.15) is 6.10 Å². The van der Waals surface area contributed by atoms with Crippen LogP contribution in [0.5, 0.6) is 11.8 Å². The van der Waals surface area contributed by atoms with Crippen LogP contribution < -0.4 is 4.84 Å². The monoisotopic (exact) mass is 662 g/mol. The maximum atomic E-state index is 14.6. The van der Waals surface area contributed by atoms with Gasteiger partial charge in [-0.05, 0) is 74.2 Å². The van der Waals surface area contributed by atoms with Crippen molar-refractivity contribution in [2.24, 2.45) is 35.0 Å². The number of carbonyl (C=O) groups excluding carboxylic acids is 3. The fourth-order valence-corrected chi connectivity index (χ4v) is 10.4. The lowest BCUT2D eigenvalue weighted by Gasteiger charge is -2.48. The number of hydrogen-bond donors (Lipinski definition) is 2. The normalized spacial score (nSPS) is 39.6. The number of hydrogen-bond acceptors (Lipinski definition) is 8. The van der Waals surface area contributed by atoms with E-state index in [2.05, 4.69) is 13.0 Å². The van der Waals surface area contributed by atoms with Crippen LogP contribution >= 0.6 is 0 Å². The molecular weight excluding hydrogens is 621 g/mol. The Morgan fingerprint density at radius 1 is 1.11 bits per heavy atom. The number of alkyl halides is 3. The Bertz CT molecular complexity index is 1560. The molecule has 256 valence electrons. The molecule has 2 aliphatic heterocycles. The number of nitrogens with zero attached hydrogens (tertiary/aromatic N) is 2. The Labute approximate surface area is 270 Å². The third kappa shape index (κ3) is 4.73. The SMILES string of the molecule is CC1=C2C(=O)[C@H]3[C@@H](CC=C4C[C@@H](OC(=O)On5c(O)ccc5O)CC[C@@]43C)[C@@H]2CCC12O[C@@H]1C[C@H](C)CN(C(=O)C(F)(F)F)[C@H]1[C@H]2C. The minimum absolute atomic E-state index is 0.0175. The van der Waals surface area contributed by atoms with Gasteiger partial charge in [0.15, 0.2) is 5.78 Å². The minimum Gasteiger partial charge on any atom is -0.492 e. The first-order valence-corrected chi connectivity index (χ1v) is 16.6. The summed E-state index contributed by atoms with van der Waals surface area (Å²) in [6, 6.07) is 1.62. The second-order valence-electron chi connectivity index (χ2n) is 14.9. The van der Waals surface area contributed by atoms with E-state index < -0.39 is 65.2 Å². The molecule has 4 fully saturated rings. The van der Waals surface area contributed by atoms with E-state index in [1.54, 1.807) is 0 Å². The van der Waals surface area contributed by atoms with Crippen LogP contribution in [0.4, 0.5) is 18.0 Å². The summed E-state index contributed by atoms with van der Waals surface area (Å²) in [7, 11) is 0. The number of amides is 1. The highest BCUT2D eigenvalue weighted by molar-refractivity contribution is 6.02. The fourth-order valence-electron chi connectivity index (χ4n) is 10.4. The van der Waals surface area contributed by atoms with Gasteiger partial charge in [-0.2, -0.15) is 13.2 Å². The molecule has 1 spiro atoms. The van der Waals surface area contributed by atoms with Crippen LogP contribution in [0.3, 0.4) is 0 Å². The number of allylic oxidation sites excluding steroid dienone is 2. The van der Waals surface area contributed by atoms with Crippen LogP contribution in [0.2, 0.25) is 0 Å². The van der Waals surface area contributed by atoms with Crippen LogP contribution in [0.1, 0.15) is 72.6 Å². The molecule has 2 N–H and O–H groups in total. The van der Waals surface area contributed by atoms with Crippen molar-refractivity contribution in [3.63, 3.8) is 0 Å². The molecule has 0 bridgehead atoms. The van der Waals surface area contributed by atoms with E-state index in [4.69, 9.17) is 14.3 Å². The molecule has 0 aromatic carbocycles. The molecule has 2 saturated carbocycles. The van der Waals surface area contributed by atoms with Crippen LogP contribution in [0.25, 0.3) is 0 Å². The molecule has 1 aromatic rings. The largest absolute Gasteiger partial charge is 0.534 e. The van der Waals surface area contributed by atoms with Crippen LogP contribution in [-0.2, 0) is 19.1 Å². The smallest absolute Gasteiger partial charge is 0.492 e. The van der Waals surface area contributed by atoms with E-state index in [1.807, 2.05) is 20.8 Å². The zero-order valence-corrected chi connectivity index (χ0v) is 26.9. The van der Waals surface area contributed by atoms with Gasteiger partial charge in [-0.15, -0.1) is 4.73 Å². The highest BCUT2D eigenvalue weighted by Crippen LogP contribution is 2.64. The van der Waals surface area contributed by atoms with Gasteiger partial charge in [0.05, 0.1) is 17.7 Å². The number of halogens is 3. The summed E-state index contributed by atoms with van der Waals surface area (Å²) in [4.78, 5) is 45.5. The lowest BCUT2D eigenvalue weighted by molar-refractivity contribution is -0.192. The Kier molecular flexibility index (Phi) is 7.35. The Morgan fingerprint density at radius 3 is 2.49 bits per heavy atom. The number of carbonyl (C=O) groups is 3. The number of fused-ring (bicyclic) bond motifs is 6. The summed E-state index contributed by atoms with van der Waals surface area (Å²) >= 11 is 0. The average molecular weight is 663 g/mol. The molecule has 2 saturated heterocycles. The highest BCUT2D eigenvalue weighted by Gasteiger charge is 2.65. The summed E-state index contributed by atoms with van der Waals surface area (Å²) in [5.41, 5.74) is 1.23. The van der Waals surface area contributed by atoms with Crippen molar-refractivity contribution in [1.82, 2.24) is 9.63 Å². The number of aromatic nitrogens is 1. The minimum atomic E-state index is -4.97. The summed E-state index contributed by atoms with van der Waals surface area (Å²) in [6.07, 6.45) is -0.914. The van der Waals surface area contributed by atoms with Crippen LogP contribution in [0, 0.1) is 35.0 Å². The van der Waals surface area contributed by atoms with Gasteiger partial charge in [-0.3, -0.25) is 14.4 Å². The van der Waals surface area contributed by atoms with E-state index in [0.717, 1.165) is 21.6 Å². The van der Waals surface area contributed by atoms with Gasteiger partial charge in [0, 0.05) is 42.5 Å². The summed E-state index contributed by atoms with van der Waals surface area (Å²) in [5.74, 6) is -3.41. The molecule has 6 aliphatic rings. The predicted molar refractivity (Wildman–Crippen MR) is 159 cm³/mol. The van der Waals surface area contributed by atoms with Crippen molar-refractivity contribution >= 4 is 17.8 Å². The number of aromatic hydroxyl groups is 2. The number of ether oxygens (including phenoxy) is 2. The van der Waals surface area contributed by atoms with Gasteiger partial charge >= 0.3 is 18.2 Å². The van der Waals surface area contributed by atoms with Crippen molar-refractivity contribution in [2.75, 3.05) is 6.54 Å². The second kappa shape index (κ2) is 10.8. The van der Waals surface area contributed by atoms with Gasteiger partial charge < -0.3 is 24.6 Å². The van der Waals surface area contributed by atoms with Gasteiger partial charge in [-0.25, -0.2) is 4.79 Å². The topological polar surface area (TPSA) is 128 Å². The molecule has 47 heavy (non-hydrogen) atoms. The Balaban J connectivity index is 1.12. The maximum absolute atomic E-state index is 14.6. The summed E-state index contributed by atoms with van der Waals surface area (Å²) in [6.45, 7) is 7.76. The van der Waals surface area contributed by atoms with E-state index in [-0.39, 0.29) is 36.0 Å². The van der Waals surface area contributed by atoms with Gasteiger partial charge in [0.25, 0.3) is 0 Å². The number of piperidine rings is 1. The predicted octanol–water partition coefficient (Wildman–Crippen LogP) is 5.47. The number of rotatable bonds is 2. The second-order valence-corrected chi connectivity index (χ2v) is 14.9. The molecule has 1 amide bonds. The molecule has 4 aliphatic carbocycles. The standard InChI is InChI=1S/C34H41F3N2O8/c1-16-13-23-28(38(15-16)30(43)34(35,36)37)18(3)33(46-23)12-10-21-22-6-5-19-14-20(45-31(44)47-39-24(40)7-8-25(39)41)9-11-32(19,4)27(22)29(42)26(21)17(33)2/h5,7-8,16,18,20-23,27-28,40-41H,6,9-15H2,1-4H3/t16-,18+,20-,21-,22-,23+,27+,28-,32-,33?/m0/s1. The van der Waals surface area contributed by atoms with Crippen LogP contribution in [0.15, 0.2) is 34.9 Å². The third-order valence-corrected chi connectivity index (χ3v) is 12.4. The molecule has 13 heteroatoms. The Hall–Kier alpha value is -3.48. The lowest BCUT2D eigenvalue weighted by atomic mass is 9.56. The van der Waals surface area contributed by atoms with Crippen molar-refractivity contribution in [3.05, 3.63) is 34.9 Å². The fraction of sp³-hybridized carbons (Fsp3) is 0.676. The van der Waals surface area contributed by atoms with Gasteiger partial charge in [0.2, 0.25) is 11.8 Å². The number of likely N-dealkylation sites (tertiary alicyclic amines) is 1. The molecule has 10 atom stereocenters. The number of Topliss-reactive ketones (excluding diaryl/α,β-unsaturated/α-hetero) is 1. The molecule has 1 aromatic heterocycles. The van der Waals surface area contributed by atoms with E-state index in [9.17, 15) is 37.8 Å². The van der Waals surface area contributed by atoms with Crippen molar-refractivity contribution in [1.29, 1.82) is 0 Å². The molecule has 10 nitrogen and oxygen atoms in total. The molecular formula is C34H41F3N2O8. The first-order chi connectivity index (χ1) is 22.1. The third-order valence-electron chi connectivity index (χ3n) is 12.4. The number of ketones is 1. The van der Waals surface area contributed by atoms with Crippen molar-refractivity contribution < 1.29 is 52.1 Å². The van der Waals surface area contributed by atoms with Gasteiger partial charge in [-0.1, -0.05) is 32.4 Å². The van der Waals surface area contributed by atoms with E-state index >= 15 is 0 Å². The molecule has 7 rings (SSSR count). The summed E-state index contributed by atoms with van der Waals surface area (Å²) in [5, 5.41) is 19.5. The highest BCUT2D eigenvalue weighted by atomic mass is 19.4. The first kappa shape index (κ1) is 32.1. The molecule has 1 unspecified atom stereocenters. The first-order valence-electron chi connectivity index (χ1n) is 16.6. The zero-order chi connectivity index (χ0) is 33.8. The quantitative estimate of drug-likeness (QED) is 0.316.